The number of hydrogen-bond donors (Lipinski definition) is 1. The minimum Gasteiger partial charge on any atom is -0.449 e. The Kier molecular flexibility index (Phi) is 3.93. The fraction of sp³-hybridized carbons (Fsp3) is 0.706. The zero-order valence-corrected chi connectivity index (χ0v) is 17.2. The van der Waals surface area contributed by atoms with Crippen LogP contribution in [-0.4, -0.2) is 95.9 Å². The van der Waals surface area contributed by atoms with Crippen molar-refractivity contribution >= 4 is 40.9 Å². The third kappa shape index (κ3) is 2.04. The zero-order chi connectivity index (χ0) is 20.9. The number of primary amides is 1. The highest BCUT2D eigenvalue weighted by Crippen LogP contribution is 2.62. The fourth-order valence-electron chi connectivity index (χ4n) is 5.46. The first kappa shape index (κ1) is 19.5. The molecular weight excluding hydrogens is 429 g/mol. The molecule has 5 aliphatic rings. The molecule has 158 valence electrons. The largest absolute Gasteiger partial charge is 0.449 e. The number of piperazine rings is 1. The Balaban J connectivity index is 1.69. The fourth-order valence-corrected chi connectivity index (χ4v) is 6.03. The number of Topliss-reactive ketones (excluding diaryl/α,β-unsaturated/α-hetero) is 2. The van der Waals surface area contributed by atoms with Gasteiger partial charge in [0, 0.05) is 25.3 Å². The van der Waals surface area contributed by atoms with Crippen molar-refractivity contribution < 1.29 is 33.3 Å². The van der Waals surface area contributed by atoms with Gasteiger partial charge in [0.2, 0.25) is 15.9 Å². The third-order valence-electron chi connectivity index (χ3n) is 6.70. The molecular formula is C17H19Cl2N3O7. The maximum Gasteiger partial charge on any atom is 0.404 e. The molecule has 1 aliphatic carbocycles. The van der Waals surface area contributed by atoms with E-state index in [1.807, 2.05) is 7.05 Å². The molecule has 0 saturated carbocycles. The lowest BCUT2D eigenvalue weighted by Gasteiger charge is -2.41. The van der Waals surface area contributed by atoms with Gasteiger partial charge in [0.15, 0.2) is 5.72 Å². The molecule has 4 aliphatic heterocycles. The van der Waals surface area contributed by atoms with E-state index in [9.17, 15) is 14.4 Å². The topological polar surface area (TPSA) is 120 Å². The minimum absolute atomic E-state index is 0.0534. The summed E-state index contributed by atoms with van der Waals surface area (Å²) in [6, 6.07) is -0.0144. The van der Waals surface area contributed by atoms with E-state index in [2.05, 4.69) is 4.90 Å². The Morgan fingerprint density at radius 3 is 2.52 bits per heavy atom. The standard InChI is InChI=1S/C17H19Cl2N3O7/c1-21-8-5-22-10-9(7(6-27-14(20)25)15(22,26-2)11(8)21)12(23)17(28-3-4-29-17)16(18,19)13(10)24/h7-8,11H,3-6H2,1-2H3,(H2,20,25)/t7-,8+,11+,15-,21?/m1/s1. The van der Waals surface area contributed by atoms with Crippen LogP contribution in [0.5, 0.6) is 0 Å². The number of carbonyl (C=O) groups excluding carboxylic acids is 3. The van der Waals surface area contributed by atoms with E-state index in [0.717, 1.165) is 0 Å². The molecule has 0 aromatic rings. The Morgan fingerprint density at radius 1 is 1.28 bits per heavy atom. The van der Waals surface area contributed by atoms with Crippen LogP contribution >= 0.6 is 23.2 Å². The van der Waals surface area contributed by atoms with Crippen molar-refractivity contribution in [3.63, 3.8) is 0 Å². The highest BCUT2D eigenvalue weighted by molar-refractivity contribution is 6.63. The number of allylic oxidation sites excluding steroid dienone is 1. The Bertz CT molecular complexity index is 871. The first-order valence-electron chi connectivity index (χ1n) is 9.11. The monoisotopic (exact) mass is 447 g/mol. The molecule has 4 heterocycles. The summed E-state index contributed by atoms with van der Waals surface area (Å²) in [6.45, 7) is 0.274. The van der Waals surface area contributed by atoms with Crippen LogP contribution in [-0.2, 0) is 28.5 Å². The van der Waals surface area contributed by atoms with Gasteiger partial charge >= 0.3 is 6.09 Å². The second-order valence-electron chi connectivity index (χ2n) is 7.74. The van der Waals surface area contributed by atoms with E-state index < -0.39 is 39.4 Å². The molecule has 0 aromatic carbocycles. The lowest BCUT2D eigenvalue weighted by Crippen LogP contribution is -2.62. The van der Waals surface area contributed by atoms with E-state index in [-0.39, 0.29) is 43.2 Å². The summed E-state index contributed by atoms with van der Waals surface area (Å²) in [7, 11) is 3.40. The van der Waals surface area contributed by atoms with Crippen LogP contribution in [0.2, 0.25) is 0 Å². The van der Waals surface area contributed by atoms with E-state index in [4.69, 9.17) is 47.9 Å². The van der Waals surface area contributed by atoms with Gasteiger partial charge in [0.25, 0.3) is 5.79 Å². The lowest BCUT2D eigenvalue weighted by molar-refractivity contribution is -0.185. The summed E-state index contributed by atoms with van der Waals surface area (Å²) in [5.74, 6) is -4.33. The molecule has 5 atom stereocenters. The van der Waals surface area contributed by atoms with Crippen molar-refractivity contribution in [2.45, 2.75) is 27.9 Å². The molecule has 1 amide bonds. The van der Waals surface area contributed by atoms with Gasteiger partial charge in [-0.1, -0.05) is 23.2 Å². The van der Waals surface area contributed by atoms with Crippen molar-refractivity contribution in [2.75, 3.05) is 40.5 Å². The van der Waals surface area contributed by atoms with Crippen LogP contribution in [0.15, 0.2) is 11.3 Å². The molecule has 0 radical (unpaired) electrons. The zero-order valence-electron chi connectivity index (χ0n) is 15.6. The van der Waals surface area contributed by atoms with E-state index in [1.54, 1.807) is 4.90 Å². The molecule has 1 unspecified atom stereocenters. The second-order valence-corrected chi connectivity index (χ2v) is 9.06. The average molecular weight is 448 g/mol. The second kappa shape index (κ2) is 5.83. The molecule has 3 fully saturated rings. The third-order valence-corrected chi connectivity index (χ3v) is 7.54. The maximum absolute atomic E-state index is 13.6. The normalized spacial score (nSPS) is 40.9. The number of amides is 1. The number of nitrogens with zero attached hydrogens (tertiary/aromatic N) is 2. The number of ketones is 2. The quantitative estimate of drug-likeness (QED) is 0.445. The number of fused-ring (bicyclic) bond motifs is 4. The van der Waals surface area contributed by atoms with Crippen LogP contribution in [0.1, 0.15) is 0 Å². The van der Waals surface area contributed by atoms with Crippen molar-refractivity contribution in [2.24, 2.45) is 11.7 Å². The number of likely N-dealkylation sites (N-methyl/N-ethyl adjacent to an activating group) is 1. The molecule has 5 rings (SSSR count). The number of methoxy groups -OCH3 is 1. The van der Waals surface area contributed by atoms with Gasteiger partial charge in [-0.2, -0.15) is 0 Å². The predicted molar refractivity (Wildman–Crippen MR) is 96.9 cm³/mol. The molecule has 10 nitrogen and oxygen atoms in total. The smallest absolute Gasteiger partial charge is 0.404 e. The van der Waals surface area contributed by atoms with Crippen LogP contribution in [0, 0.1) is 5.92 Å². The molecule has 0 bridgehead atoms. The first-order chi connectivity index (χ1) is 13.6. The maximum atomic E-state index is 13.6. The number of alkyl halides is 2. The highest BCUT2D eigenvalue weighted by Gasteiger charge is 2.80. The summed E-state index contributed by atoms with van der Waals surface area (Å²) < 4.78 is 19.8. The molecule has 12 heteroatoms. The van der Waals surface area contributed by atoms with Crippen molar-refractivity contribution in [3.05, 3.63) is 11.3 Å². The number of nitrogens with two attached hydrogens (primary N) is 1. The van der Waals surface area contributed by atoms with Crippen LogP contribution < -0.4 is 5.73 Å². The van der Waals surface area contributed by atoms with Gasteiger partial charge in [0.05, 0.1) is 30.9 Å². The van der Waals surface area contributed by atoms with Crippen LogP contribution in [0.4, 0.5) is 4.79 Å². The predicted octanol–water partition coefficient (Wildman–Crippen LogP) is -0.625. The van der Waals surface area contributed by atoms with Crippen LogP contribution in [0.3, 0.4) is 0 Å². The number of ether oxygens (including phenoxy) is 4. The molecule has 3 saturated heterocycles. The number of rotatable bonds is 3. The highest BCUT2D eigenvalue weighted by atomic mass is 35.5. The summed E-state index contributed by atoms with van der Waals surface area (Å²) in [5, 5.41) is 0. The number of halogens is 2. The van der Waals surface area contributed by atoms with Crippen LogP contribution in [0.25, 0.3) is 0 Å². The molecule has 29 heavy (non-hydrogen) atoms. The Hall–Kier alpha value is -1.43. The summed E-state index contributed by atoms with van der Waals surface area (Å²) in [5.41, 5.74) is 4.20. The first-order valence-corrected chi connectivity index (χ1v) is 9.87. The van der Waals surface area contributed by atoms with E-state index in [0.29, 0.717) is 6.54 Å². The number of hydrogen-bond acceptors (Lipinski definition) is 9. The summed E-state index contributed by atoms with van der Waals surface area (Å²) in [4.78, 5) is 42.2. The van der Waals surface area contributed by atoms with Gasteiger partial charge in [-0.25, -0.2) is 4.79 Å². The van der Waals surface area contributed by atoms with Gasteiger partial charge in [-0.05, 0) is 7.05 Å². The van der Waals surface area contributed by atoms with Crippen molar-refractivity contribution in [1.29, 1.82) is 0 Å². The van der Waals surface area contributed by atoms with Crippen molar-refractivity contribution in [1.82, 2.24) is 9.80 Å². The van der Waals surface area contributed by atoms with E-state index in [1.165, 1.54) is 7.11 Å². The lowest BCUT2D eigenvalue weighted by atomic mass is 9.80. The van der Waals surface area contributed by atoms with Gasteiger partial charge in [0.1, 0.15) is 6.61 Å². The molecule has 2 N–H and O–H groups in total. The number of carbonyl (C=O) groups is 3. The van der Waals surface area contributed by atoms with Crippen molar-refractivity contribution in [3.8, 4) is 0 Å². The molecule has 0 aromatic heterocycles. The SMILES string of the molecule is CO[C@@]12[C@H](COC(N)=O)C3=C(C(=O)C(Cl)(Cl)C4(OCCO4)C3=O)N1C[C@H]1[C@@H]2N1C. The average Bonchev–Trinajstić information content (AvgIpc) is 3.07. The summed E-state index contributed by atoms with van der Waals surface area (Å²) in [6.07, 6.45) is -1.00. The van der Waals surface area contributed by atoms with Gasteiger partial charge in [-0.15, -0.1) is 0 Å². The minimum atomic E-state index is -2.27. The van der Waals surface area contributed by atoms with Gasteiger partial charge in [-0.3, -0.25) is 14.5 Å². The molecule has 1 spiro atoms. The summed E-state index contributed by atoms with van der Waals surface area (Å²) >= 11 is 12.8. The Morgan fingerprint density at radius 2 is 1.93 bits per heavy atom. The van der Waals surface area contributed by atoms with E-state index >= 15 is 0 Å². The van der Waals surface area contributed by atoms with Gasteiger partial charge < -0.3 is 29.6 Å². The Labute approximate surface area is 175 Å².